The van der Waals surface area contributed by atoms with Gasteiger partial charge in [-0.3, -0.25) is 9.59 Å². The van der Waals surface area contributed by atoms with Crippen LogP contribution in [0.3, 0.4) is 0 Å². The number of benzene rings is 2. The minimum Gasteiger partial charge on any atom is -0.495 e. The summed E-state index contributed by atoms with van der Waals surface area (Å²) in [6.45, 7) is 1.27. The molecule has 0 bridgehead atoms. The predicted octanol–water partition coefficient (Wildman–Crippen LogP) is 1.29. The third-order valence-electron chi connectivity index (χ3n) is 4.36. The summed E-state index contributed by atoms with van der Waals surface area (Å²) in [5.41, 5.74) is 0.298. The summed E-state index contributed by atoms with van der Waals surface area (Å²) in [6, 6.07) is 13.2. The summed E-state index contributed by atoms with van der Waals surface area (Å²) in [7, 11) is 2.71. The lowest BCUT2D eigenvalue weighted by atomic mass is 10.1. The summed E-state index contributed by atoms with van der Waals surface area (Å²) < 4.78 is 12.3. The molecule has 31 heavy (non-hydrogen) atoms. The minimum absolute atomic E-state index is 0.0933. The second-order valence-electron chi connectivity index (χ2n) is 6.47. The number of carbonyl (C=O) groups is 1. The van der Waals surface area contributed by atoms with Gasteiger partial charge in [-0.25, -0.2) is 9.36 Å². The van der Waals surface area contributed by atoms with Crippen molar-refractivity contribution in [3.05, 3.63) is 74.4 Å². The second-order valence-corrected chi connectivity index (χ2v) is 6.47. The number of ether oxygens (including phenoxy) is 2. The van der Waals surface area contributed by atoms with Crippen LogP contribution in [0.4, 0.5) is 5.69 Å². The van der Waals surface area contributed by atoms with Crippen molar-refractivity contribution in [2.45, 2.75) is 13.5 Å². The number of rotatable bonds is 6. The Balaban J connectivity index is 2.13. The monoisotopic (exact) mass is 421 g/mol. The van der Waals surface area contributed by atoms with Crippen LogP contribution in [-0.2, 0) is 11.3 Å². The number of anilines is 1. The Morgan fingerprint density at radius 2 is 1.94 bits per heavy atom. The van der Waals surface area contributed by atoms with Gasteiger partial charge in [-0.15, -0.1) is 5.10 Å². The van der Waals surface area contributed by atoms with E-state index in [2.05, 4.69) is 10.4 Å². The fourth-order valence-electron chi connectivity index (χ4n) is 2.96. The van der Waals surface area contributed by atoms with E-state index in [9.17, 15) is 14.4 Å². The van der Waals surface area contributed by atoms with Crippen molar-refractivity contribution in [2.75, 3.05) is 19.5 Å². The molecule has 0 saturated carbocycles. The molecule has 1 aromatic heterocycles. The normalized spacial score (nSPS) is 10.3. The average molecular weight is 421 g/mol. The van der Waals surface area contributed by atoms with E-state index in [1.165, 1.54) is 21.1 Å². The zero-order chi connectivity index (χ0) is 22.5. The number of nitrogens with one attached hydrogen (secondary N) is 1. The Morgan fingerprint density at radius 1 is 1.16 bits per heavy atom. The topological polar surface area (TPSA) is 128 Å². The van der Waals surface area contributed by atoms with Crippen molar-refractivity contribution in [3.63, 3.8) is 0 Å². The minimum atomic E-state index is -0.704. The van der Waals surface area contributed by atoms with E-state index in [0.29, 0.717) is 28.3 Å². The maximum Gasteiger partial charge on any atom is 0.352 e. The molecule has 0 spiro atoms. The zero-order valence-corrected chi connectivity index (χ0v) is 17.1. The molecule has 1 N–H and O–H groups in total. The van der Waals surface area contributed by atoms with Crippen molar-refractivity contribution in [1.29, 1.82) is 5.26 Å². The van der Waals surface area contributed by atoms with Crippen LogP contribution >= 0.6 is 0 Å². The van der Waals surface area contributed by atoms with Crippen molar-refractivity contribution in [2.24, 2.45) is 0 Å². The van der Waals surface area contributed by atoms with Crippen LogP contribution in [0.1, 0.15) is 18.1 Å². The molecule has 10 nitrogen and oxygen atoms in total. The lowest BCUT2D eigenvalue weighted by molar-refractivity contribution is -0.114. The molecule has 0 aliphatic heterocycles. The number of carbonyl (C=O) groups excluding carboxylic acids is 1. The molecule has 0 fully saturated rings. The molecule has 10 heteroatoms. The Labute approximate surface area is 176 Å². The van der Waals surface area contributed by atoms with E-state index < -0.39 is 11.2 Å². The van der Waals surface area contributed by atoms with Gasteiger partial charge < -0.3 is 14.8 Å². The fourth-order valence-corrected chi connectivity index (χ4v) is 2.96. The van der Waals surface area contributed by atoms with Gasteiger partial charge in [0.25, 0.3) is 5.88 Å². The van der Waals surface area contributed by atoms with Crippen LogP contribution in [0, 0.1) is 11.3 Å². The lowest BCUT2D eigenvalue weighted by Gasteiger charge is -2.13. The highest BCUT2D eigenvalue weighted by molar-refractivity contribution is 5.88. The SMILES string of the molecule is COc1cc(Cn2c(=O)c(OC)nn(-c3cccc(NC(C)=O)c3)c2=O)ccc1C#N. The van der Waals surface area contributed by atoms with Gasteiger partial charge >= 0.3 is 11.2 Å². The van der Waals surface area contributed by atoms with Gasteiger partial charge in [-0.2, -0.15) is 9.94 Å². The molecule has 2 aromatic carbocycles. The van der Waals surface area contributed by atoms with Gasteiger partial charge in [-0.1, -0.05) is 12.1 Å². The van der Waals surface area contributed by atoms with E-state index in [1.807, 2.05) is 6.07 Å². The van der Waals surface area contributed by atoms with Crippen molar-refractivity contribution in [1.82, 2.24) is 14.3 Å². The van der Waals surface area contributed by atoms with Crippen LogP contribution in [0.15, 0.2) is 52.1 Å². The number of hydrogen-bond donors (Lipinski definition) is 1. The summed E-state index contributed by atoms with van der Waals surface area (Å²) in [5, 5.41) is 15.8. The largest absolute Gasteiger partial charge is 0.495 e. The van der Waals surface area contributed by atoms with E-state index in [-0.39, 0.29) is 18.3 Å². The standard InChI is InChI=1S/C21H19N5O5/c1-13(27)23-16-5-4-6-17(10-16)26-21(29)25(20(28)19(24-26)31-3)12-14-7-8-15(11-22)18(9-14)30-2/h4-10H,12H2,1-3H3,(H,23,27). The third-order valence-corrected chi connectivity index (χ3v) is 4.36. The van der Waals surface area contributed by atoms with Gasteiger partial charge in [0, 0.05) is 12.6 Å². The quantitative estimate of drug-likeness (QED) is 0.635. The van der Waals surface area contributed by atoms with Crippen LogP contribution in [0.5, 0.6) is 11.6 Å². The molecule has 0 unspecified atom stereocenters. The molecule has 0 aliphatic carbocycles. The highest BCUT2D eigenvalue weighted by Gasteiger charge is 2.16. The molecule has 0 saturated heterocycles. The van der Waals surface area contributed by atoms with Gasteiger partial charge in [0.2, 0.25) is 5.91 Å². The number of hydrogen-bond acceptors (Lipinski definition) is 7. The maximum absolute atomic E-state index is 13.1. The molecular weight excluding hydrogens is 402 g/mol. The summed E-state index contributed by atoms with van der Waals surface area (Å²) in [5.74, 6) is -0.211. The first-order chi connectivity index (χ1) is 14.9. The van der Waals surface area contributed by atoms with Crippen molar-refractivity contribution in [3.8, 4) is 23.4 Å². The number of nitrogens with zero attached hydrogens (tertiary/aromatic N) is 4. The van der Waals surface area contributed by atoms with E-state index in [1.54, 1.807) is 42.5 Å². The molecule has 1 heterocycles. The first-order valence-electron chi connectivity index (χ1n) is 9.11. The highest BCUT2D eigenvalue weighted by atomic mass is 16.5. The van der Waals surface area contributed by atoms with Gasteiger partial charge in [0.05, 0.1) is 32.0 Å². The number of amides is 1. The Kier molecular flexibility index (Phi) is 6.16. The average Bonchev–Trinajstić information content (AvgIpc) is 2.76. The van der Waals surface area contributed by atoms with Gasteiger partial charge in [-0.05, 0) is 35.9 Å². The number of nitriles is 1. The van der Waals surface area contributed by atoms with Crippen LogP contribution in [0.2, 0.25) is 0 Å². The zero-order valence-electron chi connectivity index (χ0n) is 17.1. The molecule has 158 valence electrons. The summed E-state index contributed by atoms with van der Waals surface area (Å²) in [6.07, 6.45) is 0. The molecule has 0 radical (unpaired) electrons. The van der Waals surface area contributed by atoms with Crippen LogP contribution in [0.25, 0.3) is 5.69 Å². The van der Waals surface area contributed by atoms with Crippen LogP contribution < -0.4 is 26.0 Å². The van der Waals surface area contributed by atoms with Crippen molar-refractivity contribution < 1.29 is 14.3 Å². The highest BCUT2D eigenvalue weighted by Crippen LogP contribution is 2.19. The number of methoxy groups -OCH3 is 2. The molecule has 0 atom stereocenters. The maximum atomic E-state index is 13.1. The Hall–Kier alpha value is -4.39. The van der Waals surface area contributed by atoms with E-state index in [0.717, 1.165) is 9.25 Å². The lowest BCUT2D eigenvalue weighted by Crippen LogP contribution is -2.41. The second kappa shape index (κ2) is 8.96. The Morgan fingerprint density at radius 3 is 2.58 bits per heavy atom. The summed E-state index contributed by atoms with van der Waals surface area (Å²) >= 11 is 0. The van der Waals surface area contributed by atoms with Gasteiger partial charge in [0.1, 0.15) is 11.8 Å². The molecule has 3 rings (SSSR count). The van der Waals surface area contributed by atoms with E-state index >= 15 is 0 Å². The van der Waals surface area contributed by atoms with Crippen LogP contribution in [-0.4, -0.2) is 34.5 Å². The fraction of sp³-hybridized carbons (Fsp3) is 0.190. The molecule has 0 aliphatic rings. The van der Waals surface area contributed by atoms with Crippen molar-refractivity contribution >= 4 is 11.6 Å². The van der Waals surface area contributed by atoms with E-state index in [4.69, 9.17) is 14.7 Å². The first kappa shape index (κ1) is 21.3. The molecule has 1 amide bonds. The first-order valence-corrected chi connectivity index (χ1v) is 9.11. The summed E-state index contributed by atoms with van der Waals surface area (Å²) in [4.78, 5) is 37.2. The smallest absolute Gasteiger partial charge is 0.352 e. The molecular formula is C21H19N5O5. The third kappa shape index (κ3) is 4.45. The Bertz CT molecular complexity index is 1300. The number of aromatic nitrogens is 3. The predicted molar refractivity (Wildman–Crippen MR) is 112 cm³/mol. The van der Waals surface area contributed by atoms with Gasteiger partial charge in [0.15, 0.2) is 0 Å². The molecule has 3 aromatic rings.